The molecule has 0 saturated heterocycles. The van der Waals surface area contributed by atoms with Crippen LogP contribution < -0.4 is 10.5 Å². The van der Waals surface area contributed by atoms with Gasteiger partial charge in [-0.15, -0.1) is 0 Å². The van der Waals surface area contributed by atoms with E-state index in [0.717, 1.165) is 5.56 Å². The van der Waals surface area contributed by atoms with Gasteiger partial charge in [0.15, 0.2) is 0 Å². The number of hydrogen-bond acceptors (Lipinski definition) is 5. The van der Waals surface area contributed by atoms with Crippen molar-refractivity contribution < 1.29 is 14.5 Å². The quantitative estimate of drug-likeness (QED) is 0.396. The summed E-state index contributed by atoms with van der Waals surface area (Å²) < 4.78 is 5.35. The number of carbonyl (C=O) groups excluding carboxylic acids is 1. The number of rotatable bonds is 5. The third-order valence-electron chi connectivity index (χ3n) is 3.38. The molecule has 6 heteroatoms. The van der Waals surface area contributed by atoms with Crippen molar-refractivity contribution in [3.8, 4) is 5.75 Å². The molecule has 0 aliphatic heterocycles. The Balaban J connectivity index is 2.23. The van der Waals surface area contributed by atoms with E-state index in [4.69, 9.17) is 10.5 Å². The van der Waals surface area contributed by atoms with Crippen LogP contribution in [0.5, 0.6) is 5.75 Å². The second-order valence-corrected chi connectivity index (χ2v) is 5.84. The molecule has 2 rings (SSSR count). The maximum absolute atomic E-state index is 12.5. The predicted molar refractivity (Wildman–Crippen MR) is 86.2 cm³/mol. The number of ether oxygens (including phenoxy) is 1. The van der Waals surface area contributed by atoms with E-state index in [9.17, 15) is 14.9 Å². The molecule has 2 aromatic carbocycles. The summed E-state index contributed by atoms with van der Waals surface area (Å²) in [7, 11) is 0. The molecular weight excluding hydrogens is 296 g/mol. The monoisotopic (exact) mass is 314 g/mol. The van der Waals surface area contributed by atoms with Gasteiger partial charge >= 0.3 is 5.97 Å². The molecule has 0 bridgehead atoms. The summed E-state index contributed by atoms with van der Waals surface area (Å²) in [5.41, 5.74) is 6.01. The van der Waals surface area contributed by atoms with Crippen molar-refractivity contribution in [3.05, 3.63) is 70.3 Å². The van der Waals surface area contributed by atoms with Crippen LogP contribution in [0.4, 0.5) is 5.69 Å². The largest absolute Gasteiger partial charge is 0.426 e. The SMILES string of the molecule is CC(C)(N)C(C(=O)Oc1ccc([N+](=O)[O-])cc1)c1ccccc1. The lowest BCUT2D eigenvalue weighted by molar-refractivity contribution is -0.384. The third kappa shape index (κ3) is 4.14. The zero-order chi connectivity index (χ0) is 17.0. The summed E-state index contributed by atoms with van der Waals surface area (Å²) in [4.78, 5) is 22.7. The molecule has 0 radical (unpaired) electrons. The normalized spacial score (nSPS) is 12.5. The van der Waals surface area contributed by atoms with Crippen LogP contribution in [0.1, 0.15) is 25.3 Å². The molecule has 2 N–H and O–H groups in total. The molecule has 0 amide bonds. The minimum absolute atomic E-state index is 0.0661. The lowest BCUT2D eigenvalue weighted by Crippen LogP contribution is -2.44. The fourth-order valence-electron chi connectivity index (χ4n) is 2.33. The maximum Gasteiger partial charge on any atom is 0.320 e. The minimum Gasteiger partial charge on any atom is -0.426 e. The standard InChI is InChI=1S/C17H18N2O4/c1-17(2,18)15(12-6-4-3-5-7-12)16(20)23-14-10-8-13(9-11-14)19(21)22/h3-11,15H,18H2,1-2H3. The van der Waals surface area contributed by atoms with E-state index >= 15 is 0 Å². The lowest BCUT2D eigenvalue weighted by Gasteiger charge is -2.29. The van der Waals surface area contributed by atoms with E-state index in [1.54, 1.807) is 13.8 Å². The van der Waals surface area contributed by atoms with Crippen molar-refractivity contribution in [2.45, 2.75) is 25.3 Å². The minimum atomic E-state index is -0.820. The van der Waals surface area contributed by atoms with Gasteiger partial charge in [-0.25, -0.2) is 0 Å². The first-order valence-electron chi connectivity index (χ1n) is 7.09. The van der Waals surface area contributed by atoms with Crippen LogP contribution in [0, 0.1) is 10.1 Å². The van der Waals surface area contributed by atoms with Gasteiger partial charge < -0.3 is 10.5 Å². The molecule has 0 aliphatic rings. The average Bonchev–Trinajstić information content (AvgIpc) is 2.47. The number of benzene rings is 2. The molecule has 1 unspecified atom stereocenters. The molecule has 0 heterocycles. The van der Waals surface area contributed by atoms with Crippen molar-refractivity contribution in [3.63, 3.8) is 0 Å². The molecule has 0 aromatic heterocycles. The van der Waals surface area contributed by atoms with Gasteiger partial charge in [0.2, 0.25) is 0 Å². The second-order valence-electron chi connectivity index (χ2n) is 5.84. The van der Waals surface area contributed by atoms with Crippen molar-refractivity contribution in [2.24, 2.45) is 5.73 Å². The topological polar surface area (TPSA) is 95.5 Å². The highest BCUT2D eigenvalue weighted by Gasteiger charge is 2.35. The number of carbonyl (C=O) groups is 1. The smallest absolute Gasteiger partial charge is 0.320 e. The molecule has 120 valence electrons. The number of nitro benzene ring substituents is 1. The molecule has 1 atom stereocenters. The number of nitrogens with zero attached hydrogens (tertiary/aromatic N) is 1. The molecule has 0 fully saturated rings. The Morgan fingerprint density at radius 2 is 1.70 bits per heavy atom. The molecule has 6 nitrogen and oxygen atoms in total. The van der Waals surface area contributed by atoms with E-state index in [2.05, 4.69) is 0 Å². The number of nitrogens with two attached hydrogens (primary N) is 1. The van der Waals surface area contributed by atoms with E-state index in [1.165, 1.54) is 24.3 Å². The fraction of sp³-hybridized carbons (Fsp3) is 0.235. The van der Waals surface area contributed by atoms with Crippen LogP contribution in [0.2, 0.25) is 0 Å². The van der Waals surface area contributed by atoms with Crippen LogP contribution in [0.3, 0.4) is 0 Å². The first-order chi connectivity index (χ1) is 10.8. The molecule has 0 spiro atoms. The molecule has 0 saturated carbocycles. The molecule has 0 aliphatic carbocycles. The summed E-state index contributed by atoms with van der Waals surface area (Å²) in [6.45, 7) is 3.50. The molecule has 2 aromatic rings. The van der Waals surface area contributed by atoms with Gasteiger partial charge in [0.05, 0.1) is 10.8 Å². The Hall–Kier alpha value is -2.73. The van der Waals surface area contributed by atoms with E-state index in [0.29, 0.717) is 0 Å². The first kappa shape index (κ1) is 16.6. The number of nitro groups is 1. The maximum atomic E-state index is 12.5. The number of non-ortho nitro benzene ring substituents is 1. The van der Waals surface area contributed by atoms with Crippen LogP contribution in [-0.2, 0) is 4.79 Å². The zero-order valence-corrected chi connectivity index (χ0v) is 12.9. The Morgan fingerprint density at radius 1 is 1.13 bits per heavy atom. The van der Waals surface area contributed by atoms with Gasteiger partial charge in [0.25, 0.3) is 5.69 Å². The van der Waals surface area contributed by atoms with Gasteiger partial charge in [-0.05, 0) is 31.5 Å². The summed E-state index contributed by atoms with van der Waals surface area (Å²) >= 11 is 0. The van der Waals surface area contributed by atoms with Crippen molar-refractivity contribution >= 4 is 11.7 Å². The highest BCUT2D eigenvalue weighted by Crippen LogP contribution is 2.29. The summed E-state index contributed by atoms with van der Waals surface area (Å²) in [5, 5.41) is 10.6. The molecular formula is C17H18N2O4. The zero-order valence-electron chi connectivity index (χ0n) is 12.9. The average molecular weight is 314 g/mol. The van der Waals surface area contributed by atoms with Crippen molar-refractivity contribution in [1.82, 2.24) is 0 Å². The summed E-state index contributed by atoms with van der Waals surface area (Å²) in [6.07, 6.45) is 0. The number of hydrogen-bond donors (Lipinski definition) is 1. The van der Waals surface area contributed by atoms with E-state index in [-0.39, 0.29) is 11.4 Å². The van der Waals surface area contributed by atoms with E-state index < -0.39 is 22.3 Å². The fourth-order valence-corrected chi connectivity index (χ4v) is 2.33. The first-order valence-corrected chi connectivity index (χ1v) is 7.09. The molecule has 23 heavy (non-hydrogen) atoms. The van der Waals surface area contributed by atoms with Gasteiger partial charge in [-0.2, -0.15) is 0 Å². The van der Waals surface area contributed by atoms with Gasteiger partial charge in [-0.3, -0.25) is 14.9 Å². The number of esters is 1. The van der Waals surface area contributed by atoms with Crippen LogP contribution in [0.15, 0.2) is 54.6 Å². The van der Waals surface area contributed by atoms with Crippen LogP contribution in [-0.4, -0.2) is 16.4 Å². The Bertz CT molecular complexity index is 691. The van der Waals surface area contributed by atoms with Crippen molar-refractivity contribution in [2.75, 3.05) is 0 Å². The van der Waals surface area contributed by atoms with Gasteiger partial charge in [-0.1, -0.05) is 30.3 Å². The lowest BCUT2D eigenvalue weighted by atomic mass is 9.83. The van der Waals surface area contributed by atoms with Crippen molar-refractivity contribution in [1.29, 1.82) is 0 Å². The van der Waals surface area contributed by atoms with E-state index in [1.807, 2.05) is 30.3 Å². The summed E-state index contributed by atoms with van der Waals surface area (Å²) in [5.74, 6) is -0.915. The van der Waals surface area contributed by atoms with Gasteiger partial charge in [0.1, 0.15) is 5.75 Å². The highest BCUT2D eigenvalue weighted by atomic mass is 16.6. The highest BCUT2D eigenvalue weighted by molar-refractivity contribution is 5.82. The Morgan fingerprint density at radius 3 is 2.17 bits per heavy atom. The Kier molecular flexibility index (Phi) is 4.76. The van der Waals surface area contributed by atoms with Crippen LogP contribution >= 0.6 is 0 Å². The van der Waals surface area contributed by atoms with Crippen LogP contribution in [0.25, 0.3) is 0 Å². The third-order valence-corrected chi connectivity index (χ3v) is 3.38. The predicted octanol–water partition coefficient (Wildman–Crippen LogP) is 3.02. The van der Waals surface area contributed by atoms with Gasteiger partial charge in [0, 0.05) is 17.7 Å². The second kappa shape index (κ2) is 6.58. The Labute approximate surface area is 134 Å². The summed E-state index contributed by atoms with van der Waals surface area (Å²) in [6, 6.07) is 14.5.